The minimum Gasteiger partial charge on any atom is -0.444 e. The van der Waals surface area contributed by atoms with Gasteiger partial charge >= 0.3 is 12.7 Å². The van der Waals surface area contributed by atoms with E-state index in [4.69, 9.17) is 4.74 Å². The Kier molecular flexibility index (Phi) is 7.30. The number of alkyl halides is 2. The van der Waals surface area contributed by atoms with Crippen LogP contribution in [0.2, 0.25) is 0 Å². The molecule has 0 fully saturated rings. The van der Waals surface area contributed by atoms with Crippen molar-refractivity contribution in [3.63, 3.8) is 0 Å². The van der Waals surface area contributed by atoms with Gasteiger partial charge in [0.15, 0.2) is 0 Å². The van der Waals surface area contributed by atoms with E-state index in [-0.39, 0.29) is 5.75 Å². The quantitative estimate of drug-likeness (QED) is 0.642. The highest BCUT2D eigenvalue weighted by Gasteiger charge is 2.16. The molecule has 0 bridgehead atoms. The van der Waals surface area contributed by atoms with E-state index in [1.54, 1.807) is 63.2 Å². The second-order valence-electron chi connectivity index (χ2n) is 6.94. The number of hydrogen-bond donors (Lipinski definition) is 2. The summed E-state index contributed by atoms with van der Waals surface area (Å²) >= 11 is 0. The highest BCUT2D eigenvalue weighted by atomic mass is 19.3. The SMILES string of the molecule is CC(C)(C)OC(=O)Nc1ccc(NC(=O)/C=C/c2ccccc2OC(F)F)cc1. The Morgan fingerprint density at radius 3 is 2.14 bits per heavy atom. The number of benzene rings is 2. The van der Waals surface area contributed by atoms with Gasteiger partial charge in [-0.3, -0.25) is 10.1 Å². The number of anilines is 2. The van der Waals surface area contributed by atoms with Crippen molar-refractivity contribution in [1.29, 1.82) is 0 Å². The Labute approximate surface area is 167 Å². The number of carbonyl (C=O) groups is 2. The molecule has 2 rings (SSSR count). The van der Waals surface area contributed by atoms with E-state index in [1.165, 1.54) is 18.2 Å². The summed E-state index contributed by atoms with van der Waals surface area (Å²) in [7, 11) is 0. The second-order valence-corrected chi connectivity index (χ2v) is 6.94. The van der Waals surface area contributed by atoms with Crippen LogP contribution >= 0.6 is 0 Å². The van der Waals surface area contributed by atoms with Crippen molar-refractivity contribution in [3.05, 3.63) is 60.2 Å². The molecule has 0 unspecified atom stereocenters. The maximum absolute atomic E-state index is 12.4. The molecule has 0 aliphatic carbocycles. The van der Waals surface area contributed by atoms with E-state index in [0.29, 0.717) is 16.9 Å². The topological polar surface area (TPSA) is 76.7 Å². The van der Waals surface area contributed by atoms with Gasteiger partial charge in [-0.15, -0.1) is 0 Å². The van der Waals surface area contributed by atoms with Gasteiger partial charge in [0.1, 0.15) is 11.4 Å². The lowest BCUT2D eigenvalue weighted by atomic mass is 10.2. The minimum absolute atomic E-state index is 0.0240. The molecule has 0 spiro atoms. The maximum atomic E-state index is 12.4. The van der Waals surface area contributed by atoms with E-state index in [9.17, 15) is 18.4 Å². The summed E-state index contributed by atoms with van der Waals surface area (Å²) in [5, 5.41) is 5.22. The molecule has 2 aromatic carbocycles. The predicted molar refractivity (Wildman–Crippen MR) is 107 cm³/mol. The number of para-hydroxylation sites is 1. The molecule has 0 aliphatic heterocycles. The van der Waals surface area contributed by atoms with Crippen LogP contribution in [0, 0.1) is 0 Å². The van der Waals surface area contributed by atoms with Crippen molar-refractivity contribution in [2.24, 2.45) is 0 Å². The van der Waals surface area contributed by atoms with Crippen molar-refractivity contribution in [2.45, 2.75) is 33.0 Å². The Hall–Kier alpha value is -3.42. The van der Waals surface area contributed by atoms with Crippen molar-refractivity contribution < 1.29 is 27.8 Å². The number of ether oxygens (including phenoxy) is 2. The number of nitrogens with one attached hydrogen (secondary N) is 2. The highest BCUT2D eigenvalue weighted by Crippen LogP contribution is 2.21. The summed E-state index contributed by atoms with van der Waals surface area (Å²) in [5.74, 6) is -0.478. The number of amides is 2. The molecule has 0 radical (unpaired) electrons. The standard InChI is InChI=1S/C21H22F2N2O4/c1-21(2,3)29-20(27)25-16-11-9-15(10-12-16)24-18(26)13-8-14-6-4-5-7-17(14)28-19(22)23/h4-13,19H,1-3H3,(H,24,26)(H,25,27)/b13-8+. The molecule has 2 N–H and O–H groups in total. The zero-order valence-electron chi connectivity index (χ0n) is 16.2. The first-order chi connectivity index (χ1) is 13.6. The summed E-state index contributed by atoms with van der Waals surface area (Å²) in [6, 6.07) is 12.6. The normalized spacial score (nSPS) is 11.4. The smallest absolute Gasteiger partial charge is 0.412 e. The zero-order valence-corrected chi connectivity index (χ0v) is 16.2. The van der Waals surface area contributed by atoms with Crippen LogP contribution in [-0.4, -0.2) is 24.2 Å². The van der Waals surface area contributed by atoms with Gasteiger partial charge in [-0.1, -0.05) is 18.2 Å². The lowest BCUT2D eigenvalue weighted by Crippen LogP contribution is -2.27. The molecule has 0 aliphatic rings. The lowest BCUT2D eigenvalue weighted by molar-refractivity contribution is -0.111. The Morgan fingerprint density at radius 1 is 0.966 bits per heavy atom. The van der Waals surface area contributed by atoms with Gasteiger partial charge in [0.25, 0.3) is 0 Å². The molecule has 2 amide bonds. The van der Waals surface area contributed by atoms with Gasteiger partial charge < -0.3 is 14.8 Å². The van der Waals surface area contributed by atoms with Gasteiger partial charge in [0.2, 0.25) is 5.91 Å². The van der Waals surface area contributed by atoms with Crippen LogP contribution in [0.4, 0.5) is 25.0 Å². The minimum atomic E-state index is -2.95. The van der Waals surface area contributed by atoms with Crippen LogP contribution in [0.15, 0.2) is 54.6 Å². The molecule has 2 aromatic rings. The van der Waals surface area contributed by atoms with E-state index >= 15 is 0 Å². The van der Waals surface area contributed by atoms with Gasteiger partial charge in [-0.25, -0.2) is 4.79 Å². The van der Waals surface area contributed by atoms with E-state index in [0.717, 1.165) is 0 Å². The number of hydrogen-bond acceptors (Lipinski definition) is 4. The second kappa shape index (κ2) is 9.68. The first-order valence-electron chi connectivity index (χ1n) is 8.75. The molecule has 0 atom stereocenters. The third-order valence-corrected chi connectivity index (χ3v) is 3.35. The van der Waals surface area contributed by atoms with Crippen molar-refractivity contribution in [1.82, 2.24) is 0 Å². The molecule has 6 nitrogen and oxygen atoms in total. The fourth-order valence-corrected chi connectivity index (χ4v) is 2.23. The van der Waals surface area contributed by atoms with Gasteiger partial charge in [-0.2, -0.15) is 8.78 Å². The third-order valence-electron chi connectivity index (χ3n) is 3.35. The molecule has 0 saturated heterocycles. The van der Waals surface area contributed by atoms with E-state index < -0.39 is 24.2 Å². The maximum Gasteiger partial charge on any atom is 0.412 e. The first-order valence-corrected chi connectivity index (χ1v) is 8.75. The first kappa shape index (κ1) is 21.9. The average Bonchev–Trinajstić information content (AvgIpc) is 2.60. The average molecular weight is 404 g/mol. The van der Waals surface area contributed by atoms with Crippen LogP contribution in [0.25, 0.3) is 6.08 Å². The summed E-state index contributed by atoms with van der Waals surface area (Å²) < 4.78 is 34.4. The van der Waals surface area contributed by atoms with Gasteiger partial charge in [-0.05, 0) is 57.2 Å². The Morgan fingerprint density at radius 2 is 1.55 bits per heavy atom. The third kappa shape index (κ3) is 8.00. The molecule has 0 saturated carbocycles. The fraction of sp³-hybridized carbons (Fsp3) is 0.238. The van der Waals surface area contributed by atoms with Crippen LogP contribution < -0.4 is 15.4 Å². The summed E-state index contributed by atoms with van der Waals surface area (Å²) in [4.78, 5) is 23.8. The van der Waals surface area contributed by atoms with E-state index in [2.05, 4.69) is 15.4 Å². The largest absolute Gasteiger partial charge is 0.444 e. The van der Waals surface area contributed by atoms with Crippen LogP contribution in [-0.2, 0) is 9.53 Å². The van der Waals surface area contributed by atoms with Gasteiger partial charge in [0.05, 0.1) is 0 Å². The van der Waals surface area contributed by atoms with Crippen molar-refractivity contribution in [3.8, 4) is 5.75 Å². The summed E-state index contributed by atoms with van der Waals surface area (Å²) in [6.07, 6.45) is 2.01. The van der Waals surface area contributed by atoms with Gasteiger partial charge in [0, 0.05) is 23.0 Å². The molecule has 154 valence electrons. The fourth-order valence-electron chi connectivity index (χ4n) is 2.23. The Balaban J connectivity index is 1.94. The molecule has 0 heterocycles. The van der Waals surface area contributed by atoms with Crippen LogP contribution in [0.5, 0.6) is 5.75 Å². The Bertz CT molecular complexity index is 875. The molecule has 8 heteroatoms. The summed E-state index contributed by atoms with van der Waals surface area (Å²) in [5.41, 5.74) is 0.737. The van der Waals surface area contributed by atoms with Crippen molar-refractivity contribution in [2.75, 3.05) is 10.6 Å². The van der Waals surface area contributed by atoms with Crippen molar-refractivity contribution >= 4 is 29.5 Å². The zero-order chi connectivity index (χ0) is 21.4. The molecular weight excluding hydrogens is 382 g/mol. The van der Waals surface area contributed by atoms with Crippen LogP contribution in [0.1, 0.15) is 26.3 Å². The number of rotatable bonds is 6. The highest BCUT2D eigenvalue weighted by molar-refractivity contribution is 6.02. The number of halogens is 2. The van der Waals surface area contributed by atoms with Crippen LogP contribution in [0.3, 0.4) is 0 Å². The number of carbonyl (C=O) groups excluding carboxylic acids is 2. The molecule has 0 aromatic heterocycles. The van der Waals surface area contributed by atoms with E-state index in [1.807, 2.05) is 0 Å². The monoisotopic (exact) mass is 404 g/mol. The molecular formula is C21H22F2N2O4. The predicted octanol–water partition coefficient (Wildman–Crippen LogP) is 5.29. The summed E-state index contributed by atoms with van der Waals surface area (Å²) in [6.45, 7) is 2.33. The molecule has 29 heavy (non-hydrogen) atoms. The lowest BCUT2D eigenvalue weighted by Gasteiger charge is -2.19.